The second-order valence-electron chi connectivity index (χ2n) is 9.47. The molecule has 0 unspecified atom stereocenters. The van der Waals surface area contributed by atoms with Crippen LogP contribution in [0.25, 0.3) is 33.7 Å². The Labute approximate surface area is 209 Å². The van der Waals surface area contributed by atoms with E-state index in [-0.39, 0.29) is 5.91 Å². The standard InChI is InChI=1S/C29H27N5O2/c1-19-24(18-31-33-19)22-7-8-27-25(16-22)32-28(36-27)23-9-12-30-26(17-23)29(35)34-13-10-21(11-14-34)15-20-5-3-2-4-6-20/h2-9,12,16-18,21H,10-11,13-15H2,1H3,(H,31,33). The minimum Gasteiger partial charge on any atom is -0.436 e. The number of carbonyl (C=O) groups is 1. The summed E-state index contributed by atoms with van der Waals surface area (Å²) in [6.45, 7) is 3.49. The van der Waals surface area contributed by atoms with E-state index in [2.05, 4.69) is 39.4 Å². The van der Waals surface area contributed by atoms with Gasteiger partial charge in [0.1, 0.15) is 11.2 Å². The number of piperidine rings is 1. The molecule has 1 N–H and O–H groups in total. The lowest BCUT2D eigenvalue weighted by molar-refractivity contribution is 0.0684. The van der Waals surface area contributed by atoms with Crippen molar-refractivity contribution in [1.29, 1.82) is 0 Å². The van der Waals surface area contributed by atoms with Gasteiger partial charge in [-0.1, -0.05) is 36.4 Å². The SMILES string of the molecule is Cc1[nH]ncc1-c1ccc2oc(-c3ccnc(C(=O)N4CCC(Cc5ccccc5)CC4)c3)nc2c1. The lowest BCUT2D eigenvalue weighted by Crippen LogP contribution is -2.39. The van der Waals surface area contributed by atoms with Crippen molar-refractivity contribution in [3.8, 4) is 22.6 Å². The number of hydrogen-bond acceptors (Lipinski definition) is 5. The van der Waals surface area contributed by atoms with Gasteiger partial charge in [0.15, 0.2) is 5.58 Å². The molecule has 1 amide bonds. The van der Waals surface area contributed by atoms with Crippen LogP contribution in [0.2, 0.25) is 0 Å². The van der Waals surface area contributed by atoms with E-state index in [9.17, 15) is 4.79 Å². The maximum absolute atomic E-state index is 13.2. The predicted molar refractivity (Wildman–Crippen MR) is 138 cm³/mol. The second kappa shape index (κ2) is 9.41. The average molecular weight is 478 g/mol. The van der Waals surface area contributed by atoms with Crippen molar-refractivity contribution in [2.24, 2.45) is 5.92 Å². The first-order valence-electron chi connectivity index (χ1n) is 12.3. The van der Waals surface area contributed by atoms with Crippen LogP contribution in [0, 0.1) is 12.8 Å². The van der Waals surface area contributed by atoms with Crippen LogP contribution < -0.4 is 0 Å². The lowest BCUT2D eigenvalue weighted by Gasteiger charge is -2.32. The van der Waals surface area contributed by atoms with Gasteiger partial charge in [-0.25, -0.2) is 4.98 Å². The fourth-order valence-corrected chi connectivity index (χ4v) is 4.99. The number of aromatic nitrogens is 4. The third kappa shape index (κ3) is 4.40. The summed E-state index contributed by atoms with van der Waals surface area (Å²) in [5.74, 6) is 1.04. The molecule has 6 rings (SSSR count). The van der Waals surface area contributed by atoms with Gasteiger partial charge in [-0.3, -0.25) is 14.9 Å². The zero-order valence-electron chi connectivity index (χ0n) is 20.1. The molecule has 1 aliphatic heterocycles. The van der Waals surface area contributed by atoms with E-state index in [0.717, 1.165) is 60.3 Å². The molecule has 1 saturated heterocycles. The number of aromatic amines is 1. The Balaban J connectivity index is 1.17. The molecule has 0 saturated carbocycles. The average Bonchev–Trinajstić information content (AvgIpc) is 3.55. The monoisotopic (exact) mass is 477 g/mol. The number of pyridine rings is 1. The van der Waals surface area contributed by atoms with Crippen LogP contribution in [0.3, 0.4) is 0 Å². The van der Waals surface area contributed by atoms with Gasteiger partial charge in [-0.15, -0.1) is 0 Å². The largest absolute Gasteiger partial charge is 0.436 e. The Morgan fingerprint density at radius 1 is 1.06 bits per heavy atom. The van der Waals surface area contributed by atoms with Crippen molar-refractivity contribution in [2.75, 3.05) is 13.1 Å². The normalized spacial score (nSPS) is 14.4. The molecule has 0 aliphatic carbocycles. The Morgan fingerprint density at radius 3 is 2.67 bits per heavy atom. The summed E-state index contributed by atoms with van der Waals surface area (Å²) in [5, 5.41) is 7.07. The van der Waals surface area contributed by atoms with Gasteiger partial charge in [0, 0.05) is 36.1 Å². The van der Waals surface area contributed by atoms with Gasteiger partial charge in [-0.2, -0.15) is 5.10 Å². The van der Waals surface area contributed by atoms with E-state index in [4.69, 9.17) is 9.40 Å². The molecule has 5 aromatic rings. The lowest BCUT2D eigenvalue weighted by atomic mass is 9.90. The van der Waals surface area contributed by atoms with Gasteiger partial charge >= 0.3 is 0 Å². The van der Waals surface area contributed by atoms with Crippen LogP contribution in [0.15, 0.2) is 77.5 Å². The summed E-state index contributed by atoms with van der Waals surface area (Å²) < 4.78 is 6.02. The van der Waals surface area contributed by atoms with E-state index >= 15 is 0 Å². The molecular formula is C29H27N5O2. The van der Waals surface area contributed by atoms with Crippen molar-refractivity contribution in [2.45, 2.75) is 26.2 Å². The number of carbonyl (C=O) groups excluding carboxylic acids is 1. The van der Waals surface area contributed by atoms with Crippen molar-refractivity contribution in [3.05, 3.63) is 90.0 Å². The number of hydrogen-bond donors (Lipinski definition) is 1. The predicted octanol–water partition coefficient (Wildman–Crippen LogP) is 5.68. The summed E-state index contributed by atoms with van der Waals surface area (Å²) in [7, 11) is 0. The molecule has 2 aromatic carbocycles. The van der Waals surface area contributed by atoms with Gasteiger partial charge < -0.3 is 9.32 Å². The maximum Gasteiger partial charge on any atom is 0.272 e. The van der Waals surface area contributed by atoms with Gasteiger partial charge in [0.2, 0.25) is 5.89 Å². The number of benzene rings is 2. The molecule has 4 heterocycles. The Bertz CT molecular complexity index is 1510. The van der Waals surface area contributed by atoms with Gasteiger partial charge in [0.05, 0.1) is 6.20 Å². The molecule has 180 valence electrons. The van der Waals surface area contributed by atoms with Crippen molar-refractivity contribution in [3.63, 3.8) is 0 Å². The first kappa shape index (κ1) is 22.2. The molecule has 1 aliphatic rings. The molecule has 1 fully saturated rings. The number of oxazole rings is 1. The minimum atomic E-state index is -0.0381. The molecule has 3 aromatic heterocycles. The molecule has 7 nitrogen and oxygen atoms in total. The zero-order valence-corrected chi connectivity index (χ0v) is 20.1. The summed E-state index contributed by atoms with van der Waals surface area (Å²) in [6.07, 6.45) is 6.53. The molecule has 0 bridgehead atoms. The van der Waals surface area contributed by atoms with E-state index < -0.39 is 0 Å². The van der Waals surface area contributed by atoms with Gasteiger partial charge in [-0.05, 0) is 67.5 Å². The highest BCUT2D eigenvalue weighted by atomic mass is 16.3. The van der Waals surface area contributed by atoms with Crippen LogP contribution in [-0.2, 0) is 6.42 Å². The maximum atomic E-state index is 13.2. The quantitative estimate of drug-likeness (QED) is 0.352. The number of nitrogens with one attached hydrogen (secondary N) is 1. The third-order valence-corrected chi connectivity index (χ3v) is 7.02. The first-order chi connectivity index (χ1) is 17.6. The highest BCUT2D eigenvalue weighted by molar-refractivity contribution is 5.93. The van der Waals surface area contributed by atoms with E-state index in [1.54, 1.807) is 12.3 Å². The van der Waals surface area contributed by atoms with Crippen molar-refractivity contribution >= 4 is 17.0 Å². The molecule has 36 heavy (non-hydrogen) atoms. The van der Waals surface area contributed by atoms with Crippen LogP contribution >= 0.6 is 0 Å². The summed E-state index contributed by atoms with van der Waals surface area (Å²) in [4.78, 5) is 24.2. The fraction of sp³-hybridized carbons (Fsp3) is 0.241. The van der Waals surface area contributed by atoms with Crippen LogP contribution in [0.5, 0.6) is 0 Å². The minimum absolute atomic E-state index is 0.0381. The molecular weight excluding hydrogens is 450 g/mol. The smallest absolute Gasteiger partial charge is 0.272 e. The number of likely N-dealkylation sites (tertiary alicyclic amines) is 1. The fourth-order valence-electron chi connectivity index (χ4n) is 4.99. The van der Waals surface area contributed by atoms with Gasteiger partial charge in [0.25, 0.3) is 5.91 Å². The van der Waals surface area contributed by atoms with E-state index in [0.29, 0.717) is 23.1 Å². The summed E-state index contributed by atoms with van der Waals surface area (Å²) >= 11 is 0. The summed E-state index contributed by atoms with van der Waals surface area (Å²) in [6, 6.07) is 20.1. The number of rotatable bonds is 5. The number of aryl methyl sites for hydroxylation is 1. The van der Waals surface area contributed by atoms with Crippen molar-refractivity contribution in [1.82, 2.24) is 25.1 Å². The number of amides is 1. The third-order valence-electron chi connectivity index (χ3n) is 7.02. The molecule has 0 atom stereocenters. The molecule has 7 heteroatoms. The zero-order chi connectivity index (χ0) is 24.5. The summed E-state index contributed by atoms with van der Waals surface area (Å²) in [5.41, 5.74) is 7.03. The Morgan fingerprint density at radius 2 is 1.89 bits per heavy atom. The highest BCUT2D eigenvalue weighted by Crippen LogP contribution is 2.30. The topological polar surface area (TPSA) is 87.9 Å². The van der Waals surface area contributed by atoms with Crippen LogP contribution in [0.4, 0.5) is 0 Å². The Kier molecular flexibility index (Phi) is 5.81. The second-order valence-corrected chi connectivity index (χ2v) is 9.47. The van der Waals surface area contributed by atoms with Crippen LogP contribution in [0.1, 0.15) is 34.6 Å². The number of fused-ring (bicyclic) bond motifs is 1. The van der Waals surface area contributed by atoms with Crippen molar-refractivity contribution < 1.29 is 9.21 Å². The highest BCUT2D eigenvalue weighted by Gasteiger charge is 2.25. The van der Waals surface area contributed by atoms with E-state index in [1.807, 2.05) is 48.4 Å². The Hall–Kier alpha value is -4.26. The first-order valence-corrected chi connectivity index (χ1v) is 12.3. The van der Waals surface area contributed by atoms with E-state index in [1.165, 1.54) is 5.56 Å². The van der Waals surface area contributed by atoms with Crippen LogP contribution in [-0.4, -0.2) is 44.1 Å². The number of nitrogens with zero attached hydrogens (tertiary/aromatic N) is 4. The number of H-pyrrole nitrogens is 1. The molecule has 0 spiro atoms. The molecule has 0 radical (unpaired) electrons.